The van der Waals surface area contributed by atoms with E-state index in [1.165, 1.54) is 0 Å². The Balaban J connectivity index is 2.37. The Morgan fingerprint density at radius 2 is 2.00 bits per heavy atom. The van der Waals surface area contributed by atoms with Crippen LogP contribution in [0.5, 0.6) is 0 Å². The number of nitrogens with one attached hydrogen (secondary N) is 1. The average molecular weight is 228 g/mol. The number of likely N-dealkylation sites (tertiary alicyclic amines) is 1. The van der Waals surface area contributed by atoms with Gasteiger partial charge in [0.1, 0.15) is 0 Å². The first kappa shape index (κ1) is 13.0. The molecule has 1 aliphatic heterocycles. The highest BCUT2D eigenvalue weighted by Gasteiger charge is 2.26. The SMILES string of the molecule is CNC(C)C(=O)N1CCC(CC(=O)O)CC1. The normalized spacial score (nSPS) is 19.5. The molecule has 1 amide bonds. The Morgan fingerprint density at radius 1 is 1.44 bits per heavy atom. The zero-order chi connectivity index (χ0) is 12.1. The van der Waals surface area contributed by atoms with Crippen molar-refractivity contribution < 1.29 is 14.7 Å². The number of likely N-dealkylation sites (N-methyl/N-ethyl adjacent to an activating group) is 1. The Kier molecular flexibility index (Phi) is 4.73. The monoisotopic (exact) mass is 228 g/mol. The van der Waals surface area contributed by atoms with Crippen LogP contribution in [0.2, 0.25) is 0 Å². The van der Waals surface area contributed by atoms with Gasteiger partial charge in [0, 0.05) is 19.5 Å². The van der Waals surface area contributed by atoms with Gasteiger partial charge in [-0.25, -0.2) is 0 Å². The first-order chi connectivity index (χ1) is 7.54. The molecule has 1 saturated heterocycles. The van der Waals surface area contributed by atoms with E-state index in [9.17, 15) is 9.59 Å². The van der Waals surface area contributed by atoms with Crippen LogP contribution in [0.4, 0.5) is 0 Å². The second-order valence-corrected chi connectivity index (χ2v) is 4.38. The maximum absolute atomic E-state index is 11.8. The zero-order valence-corrected chi connectivity index (χ0v) is 9.90. The summed E-state index contributed by atoms with van der Waals surface area (Å²) in [5.41, 5.74) is 0. The third-order valence-electron chi connectivity index (χ3n) is 3.19. The summed E-state index contributed by atoms with van der Waals surface area (Å²) < 4.78 is 0. The van der Waals surface area contributed by atoms with Gasteiger partial charge in [-0.2, -0.15) is 0 Å². The zero-order valence-electron chi connectivity index (χ0n) is 9.90. The maximum Gasteiger partial charge on any atom is 0.303 e. The molecule has 0 aliphatic carbocycles. The second kappa shape index (κ2) is 5.84. The van der Waals surface area contributed by atoms with E-state index < -0.39 is 5.97 Å². The fraction of sp³-hybridized carbons (Fsp3) is 0.818. The van der Waals surface area contributed by atoms with Crippen molar-refractivity contribution in [3.8, 4) is 0 Å². The number of carbonyl (C=O) groups excluding carboxylic acids is 1. The van der Waals surface area contributed by atoms with E-state index in [-0.39, 0.29) is 24.3 Å². The number of nitrogens with zero attached hydrogens (tertiary/aromatic N) is 1. The minimum atomic E-state index is -0.742. The molecule has 1 unspecified atom stereocenters. The third-order valence-corrected chi connectivity index (χ3v) is 3.19. The van der Waals surface area contributed by atoms with Crippen LogP contribution in [0.1, 0.15) is 26.2 Å². The van der Waals surface area contributed by atoms with Gasteiger partial charge < -0.3 is 15.3 Å². The lowest BCUT2D eigenvalue weighted by Gasteiger charge is -2.33. The molecule has 1 fully saturated rings. The van der Waals surface area contributed by atoms with Crippen LogP contribution < -0.4 is 5.32 Å². The number of aliphatic carboxylic acids is 1. The molecule has 1 rings (SSSR count). The van der Waals surface area contributed by atoms with Crippen LogP contribution in [-0.4, -0.2) is 48.1 Å². The molecular weight excluding hydrogens is 208 g/mol. The first-order valence-corrected chi connectivity index (χ1v) is 5.72. The number of hydrogen-bond donors (Lipinski definition) is 2. The Hall–Kier alpha value is -1.10. The smallest absolute Gasteiger partial charge is 0.303 e. The van der Waals surface area contributed by atoms with Gasteiger partial charge in [-0.3, -0.25) is 9.59 Å². The van der Waals surface area contributed by atoms with Crippen molar-refractivity contribution in [2.75, 3.05) is 20.1 Å². The average Bonchev–Trinajstić information content (AvgIpc) is 2.27. The van der Waals surface area contributed by atoms with E-state index in [2.05, 4.69) is 5.32 Å². The predicted molar refractivity (Wildman–Crippen MR) is 60.1 cm³/mol. The van der Waals surface area contributed by atoms with Crippen molar-refractivity contribution in [1.29, 1.82) is 0 Å². The number of carbonyl (C=O) groups is 2. The summed E-state index contributed by atoms with van der Waals surface area (Å²) in [4.78, 5) is 24.2. The molecule has 0 spiro atoms. The Bertz CT molecular complexity index is 260. The molecule has 1 atom stereocenters. The number of amides is 1. The molecule has 0 radical (unpaired) electrons. The van der Waals surface area contributed by atoms with Gasteiger partial charge in [0.25, 0.3) is 0 Å². The largest absolute Gasteiger partial charge is 0.481 e. The van der Waals surface area contributed by atoms with Crippen molar-refractivity contribution in [3.63, 3.8) is 0 Å². The molecule has 0 bridgehead atoms. The van der Waals surface area contributed by atoms with E-state index >= 15 is 0 Å². The quantitative estimate of drug-likeness (QED) is 0.726. The number of hydrogen-bond acceptors (Lipinski definition) is 3. The summed E-state index contributed by atoms with van der Waals surface area (Å²) >= 11 is 0. The summed E-state index contributed by atoms with van der Waals surface area (Å²) in [6, 6.07) is -0.156. The third kappa shape index (κ3) is 3.48. The Labute approximate surface area is 95.8 Å². The van der Waals surface area contributed by atoms with Gasteiger partial charge in [-0.1, -0.05) is 0 Å². The van der Waals surface area contributed by atoms with E-state index in [1.807, 2.05) is 11.8 Å². The van der Waals surface area contributed by atoms with Gasteiger partial charge in [0.15, 0.2) is 0 Å². The molecule has 1 aliphatic rings. The Morgan fingerprint density at radius 3 is 2.44 bits per heavy atom. The number of piperidine rings is 1. The maximum atomic E-state index is 11.8. The van der Waals surface area contributed by atoms with E-state index in [0.717, 1.165) is 12.8 Å². The van der Waals surface area contributed by atoms with Crippen molar-refractivity contribution >= 4 is 11.9 Å². The van der Waals surface area contributed by atoms with Crippen molar-refractivity contribution in [2.24, 2.45) is 5.92 Å². The number of carboxylic acid groups (broad SMARTS) is 1. The summed E-state index contributed by atoms with van der Waals surface area (Å²) in [6.07, 6.45) is 1.83. The number of rotatable bonds is 4. The molecule has 0 aromatic heterocycles. The molecule has 2 N–H and O–H groups in total. The molecule has 92 valence electrons. The highest BCUT2D eigenvalue weighted by molar-refractivity contribution is 5.81. The lowest BCUT2D eigenvalue weighted by Crippen LogP contribution is -2.47. The lowest BCUT2D eigenvalue weighted by atomic mass is 9.93. The summed E-state index contributed by atoms with van der Waals surface area (Å²) in [5.74, 6) is -0.406. The second-order valence-electron chi connectivity index (χ2n) is 4.38. The van der Waals surface area contributed by atoms with E-state index in [0.29, 0.717) is 13.1 Å². The summed E-state index contributed by atoms with van der Waals surface area (Å²) in [7, 11) is 1.76. The van der Waals surface area contributed by atoms with Gasteiger partial charge >= 0.3 is 5.97 Å². The minimum absolute atomic E-state index is 0.108. The van der Waals surface area contributed by atoms with Gasteiger partial charge in [0.05, 0.1) is 6.04 Å². The summed E-state index contributed by atoms with van der Waals surface area (Å²) in [5, 5.41) is 11.6. The highest BCUT2D eigenvalue weighted by Crippen LogP contribution is 2.20. The summed E-state index contributed by atoms with van der Waals surface area (Å²) in [6.45, 7) is 3.21. The predicted octanol–water partition coefficient (Wildman–Crippen LogP) is 0.308. The van der Waals surface area contributed by atoms with Crippen LogP contribution in [-0.2, 0) is 9.59 Å². The molecule has 0 aromatic carbocycles. The van der Waals surface area contributed by atoms with Gasteiger partial charge in [-0.15, -0.1) is 0 Å². The van der Waals surface area contributed by atoms with Crippen LogP contribution >= 0.6 is 0 Å². The van der Waals surface area contributed by atoms with Crippen LogP contribution in [0.3, 0.4) is 0 Å². The van der Waals surface area contributed by atoms with Crippen LogP contribution in [0.25, 0.3) is 0 Å². The van der Waals surface area contributed by atoms with Crippen LogP contribution in [0, 0.1) is 5.92 Å². The molecule has 16 heavy (non-hydrogen) atoms. The fourth-order valence-electron chi connectivity index (χ4n) is 2.00. The van der Waals surface area contributed by atoms with Crippen molar-refractivity contribution in [3.05, 3.63) is 0 Å². The molecule has 1 heterocycles. The first-order valence-electron chi connectivity index (χ1n) is 5.72. The molecule has 0 saturated carbocycles. The van der Waals surface area contributed by atoms with E-state index in [4.69, 9.17) is 5.11 Å². The van der Waals surface area contributed by atoms with E-state index in [1.54, 1.807) is 7.05 Å². The topological polar surface area (TPSA) is 69.6 Å². The van der Waals surface area contributed by atoms with Crippen LogP contribution in [0.15, 0.2) is 0 Å². The van der Waals surface area contributed by atoms with Gasteiger partial charge in [-0.05, 0) is 32.7 Å². The minimum Gasteiger partial charge on any atom is -0.481 e. The fourth-order valence-corrected chi connectivity index (χ4v) is 2.00. The molecule has 5 nitrogen and oxygen atoms in total. The molecule has 5 heteroatoms. The lowest BCUT2D eigenvalue weighted by molar-refractivity contribution is -0.139. The van der Waals surface area contributed by atoms with Crippen molar-refractivity contribution in [2.45, 2.75) is 32.2 Å². The molecular formula is C11H20N2O3. The van der Waals surface area contributed by atoms with Crippen molar-refractivity contribution in [1.82, 2.24) is 10.2 Å². The highest BCUT2D eigenvalue weighted by atomic mass is 16.4. The number of carboxylic acids is 1. The standard InChI is InChI=1S/C11H20N2O3/c1-8(12-2)11(16)13-5-3-9(4-6-13)7-10(14)15/h8-9,12H,3-7H2,1-2H3,(H,14,15). The van der Waals surface area contributed by atoms with Gasteiger partial charge in [0.2, 0.25) is 5.91 Å². The molecule has 0 aromatic rings.